The van der Waals surface area contributed by atoms with Crippen molar-refractivity contribution in [2.45, 2.75) is 20.0 Å². The van der Waals surface area contributed by atoms with Crippen molar-refractivity contribution in [1.29, 1.82) is 0 Å². The molecule has 1 fully saturated rings. The number of rotatable bonds is 9. The minimum Gasteiger partial charge on any atom is -0.493 e. The molecular formula is C28H25BrClN3O5. The molecule has 0 bridgehead atoms. The molecule has 196 valence electrons. The lowest BCUT2D eigenvalue weighted by molar-refractivity contribution is -0.127. The maximum absolute atomic E-state index is 13.0. The van der Waals surface area contributed by atoms with E-state index in [0.29, 0.717) is 32.2 Å². The number of urea groups is 1. The van der Waals surface area contributed by atoms with E-state index in [0.717, 1.165) is 22.4 Å². The SMILES string of the molecule is CCc1ccccc1NC(=O)CN1C(=O)N/C(=C/c2cc(OC)c(OCc3ccccc3Cl)cc2Br)C1=O. The number of amides is 4. The third kappa shape index (κ3) is 6.17. The number of aryl methyl sites for hydroxylation is 1. The van der Waals surface area contributed by atoms with Crippen LogP contribution in [0.5, 0.6) is 11.5 Å². The van der Waals surface area contributed by atoms with Crippen LogP contribution in [0.2, 0.25) is 5.02 Å². The van der Waals surface area contributed by atoms with Crippen LogP contribution in [0.4, 0.5) is 10.5 Å². The fourth-order valence-corrected chi connectivity index (χ4v) is 4.49. The summed E-state index contributed by atoms with van der Waals surface area (Å²) >= 11 is 9.71. The van der Waals surface area contributed by atoms with Crippen molar-refractivity contribution in [1.82, 2.24) is 10.2 Å². The van der Waals surface area contributed by atoms with Crippen LogP contribution in [-0.2, 0) is 22.6 Å². The molecule has 8 nitrogen and oxygen atoms in total. The average Bonchev–Trinajstić information content (AvgIpc) is 3.16. The van der Waals surface area contributed by atoms with Crippen LogP contribution >= 0.6 is 27.5 Å². The highest BCUT2D eigenvalue weighted by Crippen LogP contribution is 2.35. The van der Waals surface area contributed by atoms with Gasteiger partial charge in [-0.1, -0.05) is 70.9 Å². The van der Waals surface area contributed by atoms with E-state index in [1.165, 1.54) is 13.2 Å². The van der Waals surface area contributed by atoms with Crippen LogP contribution in [0.25, 0.3) is 6.08 Å². The minimum absolute atomic E-state index is 0.0317. The van der Waals surface area contributed by atoms with Gasteiger partial charge in [-0.25, -0.2) is 9.69 Å². The standard InChI is InChI=1S/C28H25BrClN3O5/c1-3-17-8-5-7-11-22(17)31-26(34)15-33-27(35)23(32-28(33)36)12-19-13-24(37-2)25(14-20(19)29)38-16-18-9-4-6-10-21(18)30/h4-14H,3,15-16H2,1-2H3,(H,31,34)(H,32,36)/b23-12+. The zero-order valence-electron chi connectivity index (χ0n) is 20.7. The second-order valence-corrected chi connectivity index (χ2v) is 9.60. The third-order valence-corrected chi connectivity index (χ3v) is 6.92. The van der Waals surface area contributed by atoms with Gasteiger partial charge in [0.25, 0.3) is 5.91 Å². The molecule has 2 N–H and O–H groups in total. The Bertz CT molecular complexity index is 1430. The predicted octanol–water partition coefficient (Wildman–Crippen LogP) is 5.78. The number of halogens is 2. The topological polar surface area (TPSA) is 97.0 Å². The van der Waals surface area contributed by atoms with Gasteiger partial charge in [0.05, 0.1) is 7.11 Å². The van der Waals surface area contributed by atoms with Crippen LogP contribution in [0, 0.1) is 0 Å². The van der Waals surface area contributed by atoms with Crippen LogP contribution in [0.15, 0.2) is 70.8 Å². The molecule has 0 atom stereocenters. The van der Waals surface area contributed by atoms with E-state index >= 15 is 0 Å². The highest BCUT2D eigenvalue weighted by Gasteiger charge is 2.35. The number of hydrogen-bond acceptors (Lipinski definition) is 5. The molecule has 0 unspecified atom stereocenters. The van der Waals surface area contributed by atoms with Crippen molar-refractivity contribution in [3.63, 3.8) is 0 Å². The quantitative estimate of drug-likeness (QED) is 0.240. The van der Waals surface area contributed by atoms with Crippen molar-refractivity contribution in [2.75, 3.05) is 19.0 Å². The number of methoxy groups -OCH3 is 1. The fourth-order valence-electron chi connectivity index (χ4n) is 3.86. The molecule has 0 aromatic heterocycles. The molecule has 1 aliphatic heterocycles. The largest absolute Gasteiger partial charge is 0.493 e. The van der Waals surface area contributed by atoms with Gasteiger partial charge in [-0.05, 0) is 47.9 Å². The number of benzene rings is 3. The number of ether oxygens (including phenoxy) is 2. The lowest BCUT2D eigenvalue weighted by Crippen LogP contribution is -2.38. The van der Waals surface area contributed by atoms with Crippen LogP contribution in [0.3, 0.4) is 0 Å². The second-order valence-electron chi connectivity index (χ2n) is 8.34. The highest BCUT2D eigenvalue weighted by atomic mass is 79.9. The molecule has 4 amide bonds. The van der Waals surface area contributed by atoms with E-state index in [1.807, 2.05) is 43.3 Å². The highest BCUT2D eigenvalue weighted by molar-refractivity contribution is 9.10. The van der Waals surface area contributed by atoms with Crippen molar-refractivity contribution >= 4 is 57.1 Å². The van der Waals surface area contributed by atoms with Crippen molar-refractivity contribution in [2.24, 2.45) is 0 Å². The van der Waals surface area contributed by atoms with Gasteiger partial charge in [0.1, 0.15) is 18.8 Å². The Labute approximate surface area is 233 Å². The zero-order chi connectivity index (χ0) is 27.2. The summed E-state index contributed by atoms with van der Waals surface area (Å²) in [6.07, 6.45) is 2.24. The van der Waals surface area contributed by atoms with Gasteiger partial charge >= 0.3 is 6.03 Å². The van der Waals surface area contributed by atoms with Crippen molar-refractivity contribution in [3.05, 3.63) is 92.5 Å². The lowest BCUT2D eigenvalue weighted by atomic mass is 10.1. The number of hydrogen-bond donors (Lipinski definition) is 2. The Hall–Kier alpha value is -3.82. The first-order valence-electron chi connectivity index (χ1n) is 11.8. The molecule has 1 heterocycles. The molecule has 0 aliphatic carbocycles. The van der Waals surface area contributed by atoms with Gasteiger partial charge in [0, 0.05) is 20.7 Å². The normalized spacial score (nSPS) is 14.0. The third-order valence-electron chi connectivity index (χ3n) is 5.86. The number of imide groups is 1. The zero-order valence-corrected chi connectivity index (χ0v) is 23.1. The molecule has 3 aromatic rings. The minimum atomic E-state index is -0.678. The smallest absolute Gasteiger partial charge is 0.329 e. The predicted molar refractivity (Wildman–Crippen MR) is 149 cm³/mol. The van der Waals surface area contributed by atoms with E-state index in [4.69, 9.17) is 21.1 Å². The van der Waals surface area contributed by atoms with Gasteiger partial charge in [-0.2, -0.15) is 0 Å². The first-order chi connectivity index (χ1) is 18.3. The Balaban J connectivity index is 1.48. The number of nitrogens with zero attached hydrogens (tertiary/aromatic N) is 1. The maximum atomic E-state index is 13.0. The Kier molecular flexibility index (Phi) is 8.70. The molecule has 1 saturated heterocycles. The summed E-state index contributed by atoms with van der Waals surface area (Å²) in [6, 6.07) is 17.4. The van der Waals surface area contributed by atoms with Gasteiger partial charge in [0.2, 0.25) is 5.91 Å². The Morgan fingerprint density at radius 2 is 1.79 bits per heavy atom. The summed E-state index contributed by atoms with van der Waals surface area (Å²) in [5.74, 6) is -0.194. The lowest BCUT2D eigenvalue weighted by Gasteiger charge is -2.14. The fraction of sp³-hybridized carbons (Fsp3) is 0.179. The summed E-state index contributed by atoms with van der Waals surface area (Å²) in [6.45, 7) is 1.79. The van der Waals surface area contributed by atoms with Gasteiger partial charge in [-0.15, -0.1) is 0 Å². The van der Waals surface area contributed by atoms with Crippen molar-refractivity contribution < 1.29 is 23.9 Å². The molecule has 10 heteroatoms. The van der Waals surface area contributed by atoms with Crippen LogP contribution < -0.4 is 20.1 Å². The van der Waals surface area contributed by atoms with Gasteiger partial charge in [-0.3, -0.25) is 9.59 Å². The number of para-hydroxylation sites is 1. The molecular weight excluding hydrogens is 574 g/mol. The summed E-state index contributed by atoms with van der Waals surface area (Å²) < 4.78 is 12.0. The van der Waals surface area contributed by atoms with Crippen molar-refractivity contribution in [3.8, 4) is 11.5 Å². The average molecular weight is 599 g/mol. The molecule has 38 heavy (non-hydrogen) atoms. The Morgan fingerprint density at radius 1 is 1.08 bits per heavy atom. The number of carbonyl (C=O) groups is 3. The Morgan fingerprint density at radius 3 is 2.50 bits per heavy atom. The van der Waals surface area contributed by atoms with E-state index in [1.54, 1.807) is 24.3 Å². The molecule has 0 spiro atoms. The summed E-state index contributed by atoms with van der Waals surface area (Å²) in [5.41, 5.74) is 3.02. The molecule has 3 aromatic carbocycles. The number of anilines is 1. The monoisotopic (exact) mass is 597 g/mol. The van der Waals surface area contributed by atoms with E-state index in [2.05, 4.69) is 26.6 Å². The molecule has 0 radical (unpaired) electrons. The summed E-state index contributed by atoms with van der Waals surface area (Å²) in [5, 5.41) is 5.90. The number of nitrogens with one attached hydrogen (secondary N) is 2. The molecule has 4 rings (SSSR count). The molecule has 0 saturated carbocycles. The summed E-state index contributed by atoms with van der Waals surface area (Å²) in [4.78, 5) is 38.9. The molecule has 1 aliphatic rings. The van der Waals surface area contributed by atoms with E-state index in [9.17, 15) is 14.4 Å². The second kappa shape index (κ2) is 12.1. The van der Waals surface area contributed by atoms with E-state index < -0.39 is 24.4 Å². The summed E-state index contributed by atoms with van der Waals surface area (Å²) in [7, 11) is 1.50. The van der Waals surface area contributed by atoms with Gasteiger partial charge < -0.3 is 20.1 Å². The number of carbonyl (C=O) groups excluding carboxylic acids is 3. The first-order valence-corrected chi connectivity index (χ1v) is 12.9. The van der Waals surface area contributed by atoms with Gasteiger partial charge in [0.15, 0.2) is 11.5 Å². The van der Waals surface area contributed by atoms with Crippen LogP contribution in [0.1, 0.15) is 23.6 Å². The maximum Gasteiger partial charge on any atom is 0.329 e. The first kappa shape index (κ1) is 27.2. The van der Waals surface area contributed by atoms with Crippen LogP contribution in [-0.4, -0.2) is 36.4 Å². The van der Waals surface area contributed by atoms with E-state index in [-0.39, 0.29) is 12.3 Å².